The lowest BCUT2D eigenvalue weighted by atomic mass is 10.0. The van der Waals surface area contributed by atoms with Crippen LogP contribution in [0.3, 0.4) is 0 Å². The van der Waals surface area contributed by atoms with E-state index in [1.165, 1.54) is 0 Å². The first-order valence-corrected chi connectivity index (χ1v) is 6.83. The Bertz CT molecular complexity index is 608. The molecule has 0 atom stereocenters. The third-order valence-electron chi connectivity index (χ3n) is 2.72. The lowest BCUT2D eigenvalue weighted by Gasteiger charge is -2.05. The van der Waals surface area contributed by atoms with E-state index < -0.39 is 5.97 Å². The standard InChI is InChI=1S/C16H14O3S/c17-15(12-5-2-1-3-6-12)13-7-4-8-14(11-13)16(18)19-9-10-20/h1-8,11,20H,9-10H2. The van der Waals surface area contributed by atoms with Crippen LogP contribution in [-0.4, -0.2) is 24.1 Å². The van der Waals surface area contributed by atoms with E-state index in [9.17, 15) is 9.59 Å². The molecule has 0 heterocycles. The molecule has 2 rings (SSSR count). The molecule has 0 amide bonds. The third-order valence-corrected chi connectivity index (χ3v) is 2.90. The highest BCUT2D eigenvalue weighted by atomic mass is 32.1. The van der Waals surface area contributed by atoms with Crippen molar-refractivity contribution >= 4 is 24.4 Å². The van der Waals surface area contributed by atoms with Crippen molar-refractivity contribution in [2.45, 2.75) is 0 Å². The van der Waals surface area contributed by atoms with Gasteiger partial charge in [0.1, 0.15) is 6.61 Å². The van der Waals surface area contributed by atoms with Gasteiger partial charge in [0, 0.05) is 16.9 Å². The molecule has 0 spiro atoms. The predicted octanol–water partition coefficient (Wildman–Crippen LogP) is 3.00. The Morgan fingerprint density at radius 3 is 2.25 bits per heavy atom. The summed E-state index contributed by atoms with van der Waals surface area (Å²) >= 11 is 3.98. The van der Waals surface area contributed by atoms with Gasteiger partial charge in [0.25, 0.3) is 0 Å². The van der Waals surface area contributed by atoms with Crippen molar-refractivity contribution in [2.75, 3.05) is 12.4 Å². The summed E-state index contributed by atoms with van der Waals surface area (Å²) in [5.41, 5.74) is 1.43. The number of carbonyl (C=O) groups is 2. The molecule has 0 aromatic heterocycles. The first-order valence-electron chi connectivity index (χ1n) is 6.20. The van der Waals surface area contributed by atoms with Crippen molar-refractivity contribution in [1.82, 2.24) is 0 Å². The van der Waals surface area contributed by atoms with Crippen LogP contribution in [0.15, 0.2) is 54.6 Å². The minimum absolute atomic E-state index is 0.116. The number of thiol groups is 1. The van der Waals surface area contributed by atoms with E-state index in [2.05, 4.69) is 12.6 Å². The second-order valence-corrected chi connectivity index (χ2v) is 4.58. The van der Waals surface area contributed by atoms with E-state index in [-0.39, 0.29) is 12.4 Å². The Kier molecular flexibility index (Phi) is 4.96. The van der Waals surface area contributed by atoms with Gasteiger partial charge in [-0.05, 0) is 12.1 Å². The summed E-state index contributed by atoms with van der Waals surface area (Å²) in [4.78, 5) is 24.0. The monoisotopic (exact) mass is 286 g/mol. The van der Waals surface area contributed by atoms with Gasteiger partial charge in [-0.2, -0.15) is 12.6 Å². The van der Waals surface area contributed by atoms with Crippen molar-refractivity contribution in [1.29, 1.82) is 0 Å². The fraction of sp³-hybridized carbons (Fsp3) is 0.125. The van der Waals surface area contributed by atoms with Crippen molar-refractivity contribution in [2.24, 2.45) is 0 Å². The molecule has 3 nitrogen and oxygen atoms in total. The molecule has 0 fully saturated rings. The van der Waals surface area contributed by atoms with Crippen molar-refractivity contribution in [3.63, 3.8) is 0 Å². The first kappa shape index (κ1) is 14.3. The van der Waals surface area contributed by atoms with Crippen LogP contribution < -0.4 is 0 Å². The van der Waals surface area contributed by atoms with Crippen molar-refractivity contribution in [3.05, 3.63) is 71.3 Å². The van der Waals surface area contributed by atoms with Crippen LogP contribution in [0, 0.1) is 0 Å². The number of hydrogen-bond acceptors (Lipinski definition) is 4. The Labute approximate surface area is 123 Å². The van der Waals surface area contributed by atoms with Crippen LogP contribution in [0.1, 0.15) is 26.3 Å². The third kappa shape index (κ3) is 3.48. The highest BCUT2D eigenvalue weighted by Crippen LogP contribution is 2.12. The highest BCUT2D eigenvalue weighted by Gasteiger charge is 2.12. The van der Waals surface area contributed by atoms with Gasteiger partial charge < -0.3 is 4.74 Å². The van der Waals surface area contributed by atoms with E-state index in [4.69, 9.17) is 4.74 Å². The van der Waals surface area contributed by atoms with Gasteiger partial charge in [-0.25, -0.2) is 4.79 Å². The lowest BCUT2D eigenvalue weighted by molar-refractivity contribution is 0.0530. The van der Waals surface area contributed by atoms with E-state index in [1.807, 2.05) is 6.07 Å². The maximum atomic E-state index is 12.3. The molecule has 0 bridgehead atoms. The summed E-state index contributed by atoms with van der Waals surface area (Å²) in [6.07, 6.45) is 0. The lowest BCUT2D eigenvalue weighted by Crippen LogP contribution is -2.09. The molecular formula is C16H14O3S. The van der Waals surface area contributed by atoms with Crippen molar-refractivity contribution < 1.29 is 14.3 Å². The van der Waals surface area contributed by atoms with E-state index in [1.54, 1.807) is 48.5 Å². The van der Waals surface area contributed by atoms with Crippen LogP contribution in [0.4, 0.5) is 0 Å². The average Bonchev–Trinajstić information content (AvgIpc) is 2.52. The number of ether oxygens (including phenoxy) is 1. The first-order chi connectivity index (χ1) is 9.72. The summed E-state index contributed by atoms with van der Waals surface area (Å²) in [5.74, 6) is -0.0924. The largest absolute Gasteiger partial charge is 0.461 e. The second-order valence-electron chi connectivity index (χ2n) is 4.14. The molecule has 0 aliphatic carbocycles. The smallest absolute Gasteiger partial charge is 0.338 e. The summed E-state index contributed by atoms with van der Waals surface area (Å²) in [7, 11) is 0. The zero-order chi connectivity index (χ0) is 14.4. The molecule has 2 aromatic carbocycles. The minimum atomic E-state index is -0.443. The molecule has 102 valence electrons. The average molecular weight is 286 g/mol. The quantitative estimate of drug-likeness (QED) is 0.522. The normalized spacial score (nSPS) is 10.1. The maximum Gasteiger partial charge on any atom is 0.338 e. The Morgan fingerprint density at radius 1 is 0.900 bits per heavy atom. The number of rotatable bonds is 5. The zero-order valence-electron chi connectivity index (χ0n) is 10.8. The molecule has 0 unspecified atom stereocenters. The predicted molar refractivity (Wildman–Crippen MR) is 80.5 cm³/mol. The number of hydrogen-bond donors (Lipinski definition) is 1. The molecule has 0 aliphatic rings. The molecular weight excluding hydrogens is 272 g/mol. The molecule has 2 aromatic rings. The topological polar surface area (TPSA) is 43.4 Å². The van der Waals surface area contributed by atoms with Gasteiger partial charge in [-0.3, -0.25) is 4.79 Å². The van der Waals surface area contributed by atoms with E-state index in [0.717, 1.165) is 0 Å². The molecule has 0 N–H and O–H groups in total. The van der Waals surface area contributed by atoms with Gasteiger partial charge in [0.05, 0.1) is 5.56 Å². The van der Waals surface area contributed by atoms with Crippen LogP contribution >= 0.6 is 12.6 Å². The SMILES string of the molecule is O=C(OCCS)c1cccc(C(=O)c2ccccc2)c1. The van der Waals surface area contributed by atoms with Crippen LogP contribution in [0.25, 0.3) is 0 Å². The maximum absolute atomic E-state index is 12.3. The second kappa shape index (κ2) is 6.91. The van der Waals surface area contributed by atoms with Gasteiger partial charge in [-0.15, -0.1) is 0 Å². The highest BCUT2D eigenvalue weighted by molar-refractivity contribution is 7.80. The van der Waals surface area contributed by atoms with E-state index >= 15 is 0 Å². The molecule has 0 saturated carbocycles. The van der Waals surface area contributed by atoms with E-state index in [0.29, 0.717) is 22.4 Å². The van der Waals surface area contributed by atoms with Gasteiger partial charge in [-0.1, -0.05) is 42.5 Å². The summed E-state index contributed by atoms with van der Waals surface area (Å²) < 4.78 is 4.99. The number of esters is 1. The van der Waals surface area contributed by atoms with Crippen molar-refractivity contribution in [3.8, 4) is 0 Å². The van der Waals surface area contributed by atoms with Crippen LogP contribution in [-0.2, 0) is 4.74 Å². The van der Waals surface area contributed by atoms with Crippen LogP contribution in [0.2, 0.25) is 0 Å². The molecule has 4 heteroatoms. The number of ketones is 1. The number of carbonyl (C=O) groups excluding carboxylic acids is 2. The zero-order valence-corrected chi connectivity index (χ0v) is 11.7. The minimum Gasteiger partial charge on any atom is -0.461 e. The van der Waals surface area contributed by atoms with Crippen LogP contribution in [0.5, 0.6) is 0 Å². The number of benzene rings is 2. The summed E-state index contributed by atoms with van der Waals surface area (Å²) in [6.45, 7) is 0.249. The summed E-state index contributed by atoms with van der Waals surface area (Å²) in [5, 5.41) is 0. The fourth-order valence-electron chi connectivity index (χ4n) is 1.77. The van der Waals surface area contributed by atoms with Gasteiger partial charge >= 0.3 is 5.97 Å². The molecule has 0 radical (unpaired) electrons. The Balaban J connectivity index is 2.22. The summed E-state index contributed by atoms with van der Waals surface area (Å²) in [6, 6.07) is 15.5. The molecule has 0 aliphatic heterocycles. The molecule has 0 saturated heterocycles. The fourth-order valence-corrected chi connectivity index (χ4v) is 1.86. The Morgan fingerprint density at radius 2 is 1.55 bits per heavy atom. The van der Waals surface area contributed by atoms with Gasteiger partial charge in [0.2, 0.25) is 0 Å². The molecule has 20 heavy (non-hydrogen) atoms. The van der Waals surface area contributed by atoms with Gasteiger partial charge in [0.15, 0.2) is 5.78 Å². The Hall–Kier alpha value is -2.07.